The minimum absolute atomic E-state index is 0.142. The van der Waals surface area contributed by atoms with E-state index in [1.807, 2.05) is 44.3 Å². The Labute approximate surface area is 125 Å². The third kappa shape index (κ3) is 2.75. The number of carboxylic acids is 1. The molecule has 0 fully saturated rings. The third-order valence-electron chi connectivity index (χ3n) is 2.89. The number of nitrogens with zero attached hydrogens (tertiary/aromatic N) is 2. The lowest BCUT2D eigenvalue weighted by Crippen LogP contribution is -2.05. The maximum absolute atomic E-state index is 10.9. The first kappa shape index (κ1) is 13.6. The topological polar surface area (TPSA) is 63.8 Å². The van der Waals surface area contributed by atoms with E-state index >= 15 is 0 Å². The number of hydrogen-bond acceptors (Lipinski definition) is 4. The van der Waals surface area contributed by atoms with Gasteiger partial charge in [0, 0.05) is 18.0 Å². The molecule has 3 aromatic rings. The zero-order valence-electron chi connectivity index (χ0n) is 11.6. The molecule has 5 nitrogen and oxygen atoms in total. The summed E-state index contributed by atoms with van der Waals surface area (Å²) in [7, 11) is 0. The van der Waals surface area contributed by atoms with Crippen LogP contribution in [0.4, 0.5) is 0 Å². The van der Waals surface area contributed by atoms with Crippen molar-refractivity contribution in [2.75, 3.05) is 0 Å². The van der Waals surface area contributed by atoms with Crippen LogP contribution < -0.4 is 4.74 Å². The molecule has 3 rings (SSSR count). The van der Waals surface area contributed by atoms with Gasteiger partial charge in [0.15, 0.2) is 4.96 Å². The van der Waals surface area contributed by atoms with Crippen LogP contribution in [0, 0.1) is 0 Å². The number of fused-ring (bicyclic) bond motifs is 1. The number of ether oxygens (including phenoxy) is 1. The van der Waals surface area contributed by atoms with E-state index in [4.69, 9.17) is 9.84 Å². The van der Waals surface area contributed by atoms with Gasteiger partial charge < -0.3 is 9.84 Å². The summed E-state index contributed by atoms with van der Waals surface area (Å²) in [5.41, 5.74) is 1.79. The first-order valence-electron chi connectivity index (χ1n) is 6.52. The number of rotatable bonds is 4. The van der Waals surface area contributed by atoms with Crippen LogP contribution in [0.2, 0.25) is 0 Å². The Bertz CT molecular complexity index is 755. The molecule has 2 aromatic heterocycles. The van der Waals surface area contributed by atoms with E-state index in [0.717, 1.165) is 28.3 Å². The zero-order chi connectivity index (χ0) is 15.0. The Hall–Kier alpha value is -2.34. The SMILES string of the molecule is CC(C)Oc1ccc(-c2cn3cc(C(=O)O)sc3n2)cc1. The van der Waals surface area contributed by atoms with Gasteiger partial charge in [0.25, 0.3) is 0 Å². The number of aromatic carboxylic acids is 1. The van der Waals surface area contributed by atoms with Crippen molar-refractivity contribution in [2.24, 2.45) is 0 Å². The van der Waals surface area contributed by atoms with Gasteiger partial charge in [-0.1, -0.05) is 11.3 Å². The number of hydrogen-bond donors (Lipinski definition) is 1. The first-order chi connectivity index (χ1) is 10.0. The number of carbonyl (C=O) groups is 1. The van der Waals surface area contributed by atoms with Crippen LogP contribution >= 0.6 is 11.3 Å². The minimum atomic E-state index is -0.928. The van der Waals surface area contributed by atoms with Crippen molar-refractivity contribution in [3.8, 4) is 17.0 Å². The highest BCUT2D eigenvalue weighted by Crippen LogP contribution is 2.25. The monoisotopic (exact) mass is 302 g/mol. The fourth-order valence-corrected chi connectivity index (χ4v) is 2.82. The van der Waals surface area contributed by atoms with Crippen molar-refractivity contribution in [3.63, 3.8) is 0 Å². The van der Waals surface area contributed by atoms with Gasteiger partial charge in [0.2, 0.25) is 0 Å². The van der Waals surface area contributed by atoms with Crippen LogP contribution in [0.15, 0.2) is 36.7 Å². The van der Waals surface area contributed by atoms with E-state index in [-0.39, 0.29) is 11.0 Å². The van der Waals surface area contributed by atoms with Gasteiger partial charge in [-0.2, -0.15) is 0 Å². The smallest absolute Gasteiger partial charge is 0.347 e. The molecule has 0 bridgehead atoms. The summed E-state index contributed by atoms with van der Waals surface area (Å²) in [5.74, 6) is -0.106. The van der Waals surface area contributed by atoms with Gasteiger partial charge in [-0.15, -0.1) is 0 Å². The molecule has 0 amide bonds. The molecule has 0 saturated heterocycles. The maximum atomic E-state index is 10.9. The molecule has 0 radical (unpaired) electrons. The highest BCUT2D eigenvalue weighted by Gasteiger charge is 2.12. The largest absolute Gasteiger partial charge is 0.491 e. The fourth-order valence-electron chi connectivity index (χ4n) is 2.01. The summed E-state index contributed by atoms with van der Waals surface area (Å²) < 4.78 is 7.34. The van der Waals surface area contributed by atoms with Crippen LogP contribution in [-0.2, 0) is 0 Å². The zero-order valence-corrected chi connectivity index (χ0v) is 12.4. The highest BCUT2D eigenvalue weighted by atomic mass is 32.1. The van der Waals surface area contributed by atoms with Gasteiger partial charge in [-0.05, 0) is 38.1 Å². The molecule has 0 spiro atoms. The molecular weight excluding hydrogens is 288 g/mol. The Balaban J connectivity index is 1.89. The second kappa shape index (κ2) is 5.21. The molecule has 0 unspecified atom stereocenters. The lowest BCUT2D eigenvalue weighted by atomic mass is 10.1. The average molecular weight is 302 g/mol. The summed E-state index contributed by atoms with van der Waals surface area (Å²) in [6.45, 7) is 3.97. The van der Waals surface area contributed by atoms with Crippen molar-refractivity contribution in [3.05, 3.63) is 41.5 Å². The normalized spacial score (nSPS) is 11.2. The number of aromatic nitrogens is 2. The van der Waals surface area contributed by atoms with Crippen molar-refractivity contribution in [1.29, 1.82) is 0 Å². The van der Waals surface area contributed by atoms with E-state index in [1.54, 1.807) is 10.6 Å². The minimum Gasteiger partial charge on any atom is -0.491 e. The van der Waals surface area contributed by atoms with Crippen LogP contribution in [0.25, 0.3) is 16.2 Å². The van der Waals surface area contributed by atoms with Gasteiger partial charge in [-0.25, -0.2) is 9.78 Å². The summed E-state index contributed by atoms with van der Waals surface area (Å²) in [4.78, 5) is 16.3. The second-order valence-electron chi connectivity index (χ2n) is 4.91. The van der Waals surface area contributed by atoms with Crippen LogP contribution in [-0.4, -0.2) is 26.6 Å². The summed E-state index contributed by atoms with van der Waals surface area (Å²) in [5, 5.41) is 8.95. The molecule has 1 aromatic carbocycles. The molecule has 1 N–H and O–H groups in total. The first-order valence-corrected chi connectivity index (χ1v) is 7.33. The van der Waals surface area contributed by atoms with Gasteiger partial charge in [0.05, 0.1) is 11.8 Å². The molecule has 21 heavy (non-hydrogen) atoms. The molecule has 0 aliphatic heterocycles. The number of thiazole rings is 1. The van der Waals surface area contributed by atoms with E-state index in [0.29, 0.717) is 4.96 Å². The highest BCUT2D eigenvalue weighted by molar-refractivity contribution is 7.18. The van der Waals surface area contributed by atoms with Crippen molar-refractivity contribution in [1.82, 2.24) is 9.38 Å². The molecule has 6 heteroatoms. The Morgan fingerprint density at radius 3 is 2.57 bits per heavy atom. The number of imidazole rings is 1. The molecular formula is C15H14N2O3S. The summed E-state index contributed by atoms with van der Waals surface area (Å²) in [6, 6.07) is 7.71. The third-order valence-corrected chi connectivity index (χ3v) is 3.87. The van der Waals surface area contributed by atoms with Crippen LogP contribution in [0.3, 0.4) is 0 Å². The number of benzene rings is 1. The number of carboxylic acid groups (broad SMARTS) is 1. The standard InChI is InChI=1S/C15H14N2O3S/c1-9(2)20-11-5-3-10(4-6-11)12-7-17-8-13(14(18)19)21-15(17)16-12/h3-9H,1-2H3,(H,18,19). The quantitative estimate of drug-likeness (QED) is 0.800. The Morgan fingerprint density at radius 1 is 1.29 bits per heavy atom. The lowest BCUT2D eigenvalue weighted by molar-refractivity contribution is 0.0701. The van der Waals surface area contributed by atoms with Crippen LogP contribution in [0.1, 0.15) is 23.5 Å². The summed E-state index contributed by atoms with van der Waals surface area (Å²) >= 11 is 1.16. The predicted octanol–water partition coefficient (Wildman–Crippen LogP) is 3.55. The predicted molar refractivity (Wildman–Crippen MR) is 81.2 cm³/mol. The van der Waals surface area contributed by atoms with Gasteiger partial charge in [0.1, 0.15) is 10.6 Å². The maximum Gasteiger partial charge on any atom is 0.347 e. The molecule has 0 atom stereocenters. The molecule has 0 aliphatic carbocycles. The van der Waals surface area contributed by atoms with Gasteiger partial charge >= 0.3 is 5.97 Å². The van der Waals surface area contributed by atoms with E-state index in [2.05, 4.69) is 4.98 Å². The van der Waals surface area contributed by atoms with Crippen LogP contribution in [0.5, 0.6) is 5.75 Å². The van der Waals surface area contributed by atoms with E-state index < -0.39 is 5.97 Å². The van der Waals surface area contributed by atoms with Crippen molar-refractivity contribution < 1.29 is 14.6 Å². The molecule has 2 heterocycles. The van der Waals surface area contributed by atoms with Crippen molar-refractivity contribution in [2.45, 2.75) is 20.0 Å². The van der Waals surface area contributed by atoms with E-state index in [1.165, 1.54) is 0 Å². The molecule has 0 saturated carbocycles. The molecule has 108 valence electrons. The Morgan fingerprint density at radius 2 is 2.00 bits per heavy atom. The van der Waals surface area contributed by atoms with Crippen molar-refractivity contribution >= 4 is 22.3 Å². The fraction of sp³-hybridized carbons (Fsp3) is 0.200. The summed E-state index contributed by atoms with van der Waals surface area (Å²) in [6.07, 6.45) is 3.55. The molecule has 0 aliphatic rings. The Kier molecular flexibility index (Phi) is 3.39. The lowest BCUT2D eigenvalue weighted by Gasteiger charge is -2.09. The van der Waals surface area contributed by atoms with Gasteiger partial charge in [-0.3, -0.25) is 4.40 Å². The second-order valence-corrected chi connectivity index (χ2v) is 5.92. The van der Waals surface area contributed by atoms with E-state index in [9.17, 15) is 4.79 Å². The average Bonchev–Trinajstić information content (AvgIpc) is 2.97.